The SMILES string of the molecule is NCc1ccccc1COc1ccc(F)c(Br)c1. The molecule has 0 saturated heterocycles. The number of hydrogen-bond acceptors (Lipinski definition) is 2. The molecular weight excluding hydrogens is 297 g/mol. The molecule has 0 aliphatic carbocycles. The summed E-state index contributed by atoms with van der Waals surface area (Å²) in [5, 5.41) is 0. The van der Waals surface area contributed by atoms with E-state index < -0.39 is 0 Å². The van der Waals surface area contributed by atoms with Crippen molar-refractivity contribution in [1.29, 1.82) is 0 Å². The van der Waals surface area contributed by atoms with Gasteiger partial charge in [0.1, 0.15) is 18.2 Å². The monoisotopic (exact) mass is 309 g/mol. The molecule has 4 heteroatoms. The zero-order valence-corrected chi connectivity index (χ0v) is 11.3. The molecule has 0 aliphatic heterocycles. The number of rotatable bonds is 4. The van der Waals surface area contributed by atoms with Crippen LogP contribution in [-0.4, -0.2) is 0 Å². The third-order valence-corrected chi connectivity index (χ3v) is 3.23. The first-order valence-electron chi connectivity index (χ1n) is 5.55. The molecular formula is C14H13BrFNO. The van der Waals surface area contributed by atoms with Crippen molar-refractivity contribution in [3.05, 3.63) is 63.9 Å². The van der Waals surface area contributed by atoms with Gasteiger partial charge in [-0.15, -0.1) is 0 Å². The van der Waals surface area contributed by atoms with Crippen LogP contribution in [0, 0.1) is 5.82 Å². The molecule has 0 spiro atoms. The molecule has 0 fully saturated rings. The van der Waals surface area contributed by atoms with E-state index in [0.29, 0.717) is 23.4 Å². The Kier molecular flexibility index (Phi) is 4.33. The second kappa shape index (κ2) is 5.98. The average Bonchev–Trinajstić information content (AvgIpc) is 2.40. The van der Waals surface area contributed by atoms with E-state index in [0.717, 1.165) is 11.1 Å². The summed E-state index contributed by atoms with van der Waals surface area (Å²) in [7, 11) is 0. The molecule has 0 unspecified atom stereocenters. The summed E-state index contributed by atoms with van der Waals surface area (Å²) in [4.78, 5) is 0. The molecule has 2 rings (SSSR count). The molecule has 0 radical (unpaired) electrons. The Bertz CT molecular complexity index is 545. The van der Waals surface area contributed by atoms with Gasteiger partial charge in [0.2, 0.25) is 0 Å². The number of ether oxygens (including phenoxy) is 1. The second-order valence-corrected chi connectivity index (χ2v) is 4.69. The molecule has 0 heterocycles. The van der Waals surface area contributed by atoms with Gasteiger partial charge in [0.15, 0.2) is 0 Å². The smallest absolute Gasteiger partial charge is 0.137 e. The average molecular weight is 310 g/mol. The van der Waals surface area contributed by atoms with E-state index in [1.54, 1.807) is 12.1 Å². The molecule has 2 aromatic rings. The van der Waals surface area contributed by atoms with Crippen LogP contribution >= 0.6 is 15.9 Å². The lowest BCUT2D eigenvalue weighted by molar-refractivity contribution is 0.304. The molecule has 0 atom stereocenters. The Morgan fingerprint density at radius 1 is 1.11 bits per heavy atom. The molecule has 18 heavy (non-hydrogen) atoms. The van der Waals surface area contributed by atoms with E-state index in [9.17, 15) is 4.39 Å². The minimum absolute atomic E-state index is 0.301. The third-order valence-electron chi connectivity index (χ3n) is 2.62. The van der Waals surface area contributed by atoms with Gasteiger partial charge in [-0.1, -0.05) is 24.3 Å². The summed E-state index contributed by atoms with van der Waals surface area (Å²) in [6.07, 6.45) is 0. The maximum Gasteiger partial charge on any atom is 0.137 e. The zero-order valence-electron chi connectivity index (χ0n) is 9.70. The third kappa shape index (κ3) is 3.09. The van der Waals surface area contributed by atoms with Crippen LogP contribution in [0.4, 0.5) is 4.39 Å². The Morgan fingerprint density at radius 3 is 2.50 bits per heavy atom. The van der Waals surface area contributed by atoms with Crippen LogP contribution in [0.25, 0.3) is 0 Å². The summed E-state index contributed by atoms with van der Waals surface area (Å²) in [6, 6.07) is 12.4. The zero-order chi connectivity index (χ0) is 13.0. The van der Waals surface area contributed by atoms with E-state index in [1.165, 1.54) is 6.07 Å². The Morgan fingerprint density at radius 2 is 1.83 bits per heavy atom. The summed E-state index contributed by atoms with van der Waals surface area (Å²) in [5.74, 6) is 0.319. The van der Waals surface area contributed by atoms with Crippen LogP contribution in [0.2, 0.25) is 0 Å². The number of benzene rings is 2. The van der Waals surface area contributed by atoms with Gasteiger partial charge >= 0.3 is 0 Å². The highest BCUT2D eigenvalue weighted by atomic mass is 79.9. The summed E-state index contributed by atoms with van der Waals surface area (Å²) >= 11 is 3.13. The fraction of sp³-hybridized carbons (Fsp3) is 0.143. The molecule has 0 aromatic heterocycles. The van der Waals surface area contributed by atoms with Crippen LogP contribution < -0.4 is 10.5 Å². The number of hydrogen-bond donors (Lipinski definition) is 1. The van der Waals surface area contributed by atoms with Gasteiger partial charge < -0.3 is 10.5 Å². The standard InChI is InChI=1S/C14H13BrFNO/c15-13-7-12(5-6-14(13)16)18-9-11-4-2-1-3-10(11)8-17/h1-7H,8-9,17H2. The van der Waals surface area contributed by atoms with Crippen molar-refractivity contribution in [3.63, 3.8) is 0 Å². The Balaban J connectivity index is 2.09. The summed E-state index contributed by atoms with van der Waals surface area (Å²) in [5.41, 5.74) is 7.75. The van der Waals surface area contributed by atoms with Gasteiger partial charge in [0, 0.05) is 6.54 Å². The van der Waals surface area contributed by atoms with Crippen molar-refractivity contribution < 1.29 is 9.13 Å². The van der Waals surface area contributed by atoms with Crippen molar-refractivity contribution in [2.24, 2.45) is 5.73 Å². The normalized spacial score (nSPS) is 10.4. The molecule has 0 bridgehead atoms. The molecule has 0 saturated carbocycles. The van der Waals surface area contributed by atoms with E-state index in [4.69, 9.17) is 10.5 Å². The minimum atomic E-state index is -0.301. The van der Waals surface area contributed by atoms with E-state index in [1.807, 2.05) is 24.3 Å². The van der Waals surface area contributed by atoms with Crippen LogP contribution in [0.5, 0.6) is 5.75 Å². The van der Waals surface area contributed by atoms with Crippen molar-refractivity contribution in [2.75, 3.05) is 0 Å². The van der Waals surface area contributed by atoms with E-state index >= 15 is 0 Å². The van der Waals surface area contributed by atoms with Gasteiger partial charge in [-0.3, -0.25) is 0 Å². The van der Waals surface area contributed by atoms with Gasteiger partial charge in [-0.25, -0.2) is 4.39 Å². The molecule has 0 aliphatic rings. The Hall–Kier alpha value is -1.39. The number of nitrogens with two attached hydrogens (primary N) is 1. The van der Waals surface area contributed by atoms with Gasteiger partial charge in [-0.05, 0) is 45.3 Å². The van der Waals surface area contributed by atoms with Crippen LogP contribution in [-0.2, 0) is 13.2 Å². The fourth-order valence-corrected chi connectivity index (χ4v) is 1.98. The minimum Gasteiger partial charge on any atom is -0.489 e. The van der Waals surface area contributed by atoms with E-state index in [-0.39, 0.29) is 5.82 Å². The highest BCUT2D eigenvalue weighted by Gasteiger charge is 2.03. The first kappa shape index (κ1) is 13.1. The van der Waals surface area contributed by atoms with Crippen LogP contribution in [0.15, 0.2) is 46.9 Å². The lowest BCUT2D eigenvalue weighted by Gasteiger charge is -2.10. The highest BCUT2D eigenvalue weighted by molar-refractivity contribution is 9.10. The predicted molar refractivity (Wildman–Crippen MR) is 72.8 cm³/mol. The Labute approximate surface area is 114 Å². The van der Waals surface area contributed by atoms with Crippen molar-refractivity contribution in [2.45, 2.75) is 13.2 Å². The predicted octanol–water partition coefficient (Wildman–Crippen LogP) is 3.63. The summed E-state index contributed by atoms with van der Waals surface area (Å²) in [6.45, 7) is 0.901. The van der Waals surface area contributed by atoms with Crippen molar-refractivity contribution in [1.82, 2.24) is 0 Å². The maximum atomic E-state index is 13.1. The fourth-order valence-electron chi connectivity index (χ4n) is 1.63. The first-order valence-corrected chi connectivity index (χ1v) is 6.34. The number of halogens is 2. The quantitative estimate of drug-likeness (QED) is 0.936. The largest absolute Gasteiger partial charge is 0.489 e. The van der Waals surface area contributed by atoms with Gasteiger partial charge in [0.05, 0.1) is 4.47 Å². The van der Waals surface area contributed by atoms with Crippen LogP contribution in [0.1, 0.15) is 11.1 Å². The lowest BCUT2D eigenvalue weighted by atomic mass is 10.1. The molecule has 2 nitrogen and oxygen atoms in total. The lowest BCUT2D eigenvalue weighted by Crippen LogP contribution is -2.04. The van der Waals surface area contributed by atoms with Crippen molar-refractivity contribution in [3.8, 4) is 5.75 Å². The molecule has 2 aromatic carbocycles. The second-order valence-electron chi connectivity index (χ2n) is 3.84. The first-order chi connectivity index (χ1) is 8.70. The van der Waals surface area contributed by atoms with Gasteiger partial charge in [0.25, 0.3) is 0 Å². The van der Waals surface area contributed by atoms with E-state index in [2.05, 4.69) is 15.9 Å². The molecule has 94 valence electrons. The molecule has 2 N–H and O–H groups in total. The van der Waals surface area contributed by atoms with Gasteiger partial charge in [-0.2, -0.15) is 0 Å². The topological polar surface area (TPSA) is 35.2 Å². The van der Waals surface area contributed by atoms with Crippen molar-refractivity contribution >= 4 is 15.9 Å². The highest BCUT2D eigenvalue weighted by Crippen LogP contribution is 2.22. The van der Waals surface area contributed by atoms with Crippen LogP contribution in [0.3, 0.4) is 0 Å². The maximum absolute atomic E-state index is 13.1. The molecule has 0 amide bonds. The summed E-state index contributed by atoms with van der Waals surface area (Å²) < 4.78 is 19.1.